The minimum Gasteiger partial charge on any atom is -0.481 e. The number of aryl methyl sites for hydroxylation is 1. The van der Waals surface area contributed by atoms with Gasteiger partial charge >= 0.3 is 18.1 Å². The Morgan fingerprint density at radius 3 is 2.12 bits per heavy atom. The molecule has 0 amide bonds. The smallest absolute Gasteiger partial charge is 0.416 e. The van der Waals surface area contributed by atoms with Crippen LogP contribution in [0, 0.1) is 0 Å². The summed E-state index contributed by atoms with van der Waals surface area (Å²) in [5.41, 5.74) is 0.568. The zero-order valence-corrected chi connectivity index (χ0v) is 18.6. The van der Waals surface area contributed by atoms with Gasteiger partial charge in [-0.25, -0.2) is 4.79 Å². The topological polar surface area (TPSA) is 83.8 Å². The van der Waals surface area contributed by atoms with Gasteiger partial charge in [0.05, 0.1) is 5.56 Å². The number of rotatable bonds is 8. The molecule has 3 rings (SSSR count). The molecular weight excluding hydrogens is 473 g/mol. The van der Waals surface area contributed by atoms with E-state index in [1.165, 1.54) is 35.9 Å². The third kappa shape index (κ3) is 9.15. The van der Waals surface area contributed by atoms with E-state index >= 15 is 0 Å². The summed E-state index contributed by atoms with van der Waals surface area (Å²) >= 11 is 5.71. The fourth-order valence-electron chi connectivity index (χ4n) is 2.87. The summed E-state index contributed by atoms with van der Waals surface area (Å²) in [6.45, 7) is 0. The van der Waals surface area contributed by atoms with E-state index < -0.39 is 29.8 Å². The average molecular weight is 495 g/mol. The summed E-state index contributed by atoms with van der Waals surface area (Å²) in [5.74, 6) is -2.22. The monoisotopic (exact) mass is 494 g/mol. The van der Waals surface area contributed by atoms with Crippen molar-refractivity contribution in [3.63, 3.8) is 0 Å². The van der Waals surface area contributed by atoms with Crippen LogP contribution in [0.25, 0.3) is 0 Å². The Balaban J connectivity index is 0.000000287. The van der Waals surface area contributed by atoms with Crippen molar-refractivity contribution in [3.8, 4) is 5.75 Å². The Labute approximate surface area is 199 Å². The highest BCUT2D eigenvalue weighted by molar-refractivity contribution is 6.30. The highest BCUT2D eigenvalue weighted by Gasteiger charge is 2.31. The van der Waals surface area contributed by atoms with Crippen LogP contribution in [0.5, 0.6) is 5.75 Å². The summed E-state index contributed by atoms with van der Waals surface area (Å²) in [4.78, 5) is 21.5. The predicted octanol–water partition coefficient (Wildman–Crippen LogP) is 6.66. The van der Waals surface area contributed by atoms with Gasteiger partial charge in [-0.3, -0.25) is 4.79 Å². The second-order valence-corrected chi connectivity index (χ2v) is 7.58. The Hall–Kier alpha value is -3.52. The number of carbonyl (C=O) groups is 2. The standard InChI is InChI=1S/C15H10ClF3O3.C10H12O2/c16-11-6-4-9(5-7-11)13(14(20)21)22-12-3-1-2-10(8-12)15(17,18)19;11-10(12)8-4-7-9-5-2-1-3-6-9/h1-8,13H,(H,20,21);1-3,5-6H,4,7-8H2,(H,11,12). The van der Waals surface area contributed by atoms with E-state index in [1.807, 2.05) is 30.3 Å². The highest BCUT2D eigenvalue weighted by Crippen LogP contribution is 2.32. The van der Waals surface area contributed by atoms with Gasteiger partial charge < -0.3 is 14.9 Å². The molecule has 0 radical (unpaired) electrons. The third-order valence-corrected chi connectivity index (χ3v) is 4.76. The van der Waals surface area contributed by atoms with E-state index in [2.05, 4.69) is 0 Å². The van der Waals surface area contributed by atoms with E-state index in [4.69, 9.17) is 21.4 Å². The van der Waals surface area contributed by atoms with Crippen molar-refractivity contribution in [1.29, 1.82) is 0 Å². The first-order valence-corrected chi connectivity index (χ1v) is 10.5. The van der Waals surface area contributed by atoms with E-state index in [1.54, 1.807) is 0 Å². The van der Waals surface area contributed by atoms with Crippen molar-refractivity contribution in [2.45, 2.75) is 31.5 Å². The van der Waals surface area contributed by atoms with Crippen molar-refractivity contribution in [2.24, 2.45) is 0 Å². The first-order valence-electron chi connectivity index (χ1n) is 10.1. The maximum Gasteiger partial charge on any atom is 0.416 e. The van der Waals surface area contributed by atoms with Crippen LogP contribution in [0.2, 0.25) is 5.02 Å². The van der Waals surface area contributed by atoms with E-state index in [-0.39, 0.29) is 17.7 Å². The van der Waals surface area contributed by atoms with Crippen LogP contribution in [0.3, 0.4) is 0 Å². The fraction of sp³-hybridized carbons (Fsp3) is 0.200. The Morgan fingerprint density at radius 2 is 1.56 bits per heavy atom. The molecule has 1 unspecified atom stereocenters. The molecule has 0 saturated heterocycles. The molecule has 5 nitrogen and oxygen atoms in total. The van der Waals surface area contributed by atoms with Crippen molar-refractivity contribution >= 4 is 23.5 Å². The highest BCUT2D eigenvalue weighted by atomic mass is 35.5. The molecule has 180 valence electrons. The van der Waals surface area contributed by atoms with Gasteiger partial charge in [-0.1, -0.05) is 60.1 Å². The van der Waals surface area contributed by atoms with Crippen LogP contribution >= 0.6 is 11.6 Å². The average Bonchev–Trinajstić information content (AvgIpc) is 2.79. The van der Waals surface area contributed by atoms with Crippen LogP contribution in [0.1, 0.15) is 35.6 Å². The molecule has 0 heterocycles. The number of carboxylic acid groups (broad SMARTS) is 2. The summed E-state index contributed by atoms with van der Waals surface area (Å²) in [6.07, 6.45) is -4.12. The third-order valence-electron chi connectivity index (χ3n) is 4.51. The molecule has 0 saturated carbocycles. The second-order valence-electron chi connectivity index (χ2n) is 7.15. The lowest BCUT2D eigenvalue weighted by atomic mass is 10.1. The van der Waals surface area contributed by atoms with Gasteiger partial charge in [-0.15, -0.1) is 0 Å². The van der Waals surface area contributed by atoms with Gasteiger partial charge in [-0.05, 0) is 48.7 Å². The summed E-state index contributed by atoms with van der Waals surface area (Å²) in [5, 5.41) is 18.0. The van der Waals surface area contributed by atoms with Crippen LogP contribution in [-0.2, 0) is 22.2 Å². The molecule has 9 heteroatoms. The van der Waals surface area contributed by atoms with Gasteiger partial charge in [0.1, 0.15) is 5.75 Å². The van der Waals surface area contributed by atoms with Crippen molar-refractivity contribution in [1.82, 2.24) is 0 Å². The van der Waals surface area contributed by atoms with Crippen LogP contribution in [0.15, 0.2) is 78.9 Å². The molecule has 2 N–H and O–H groups in total. The summed E-state index contributed by atoms with van der Waals surface area (Å²) < 4.78 is 43.1. The van der Waals surface area contributed by atoms with Crippen molar-refractivity contribution < 1.29 is 37.7 Å². The lowest BCUT2D eigenvalue weighted by molar-refractivity contribution is -0.145. The number of alkyl halides is 3. The molecule has 34 heavy (non-hydrogen) atoms. The molecular formula is C25H22ClF3O5. The Kier molecular flexibility index (Phi) is 9.94. The Morgan fingerprint density at radius 1 is 0.912 bits per heavy atom. The number of halogens is 4. The number of ether oxygens (including phenoxy) is 1. The van der Waals surface area contributed by atoms with Gasteiger partial charge in [0.2, 0.25) is 6.10 Å². The zero-order chi connectivity index (χ0) is 25.1. The minimum atomic E-state index is -4.53. The van der Waals surface area contributed by atoms with Crippen LogP contribution in [0.4, 0.5) is 13.2 Å². The van der Waals surface area contributed by atoms with Gasteiger partial charge in [0, 0.05) is 17.0 Å². The normalized spacial score (nSPS) is 11.6. The Bertz CT molecular complexity index is 1070. The molecule has 1 atom stereocenters. The molecule has 3 aromatic rings. The van der Waals surface area contributed by atoms with E-state index in [0.717, 1.165) is 31.0 Å². The predicted molar refractivity (Wildman–Crippen MR) is 121 cm³/mol. The van der Waals surface area contributed by atoms with E-state index in [0.29, 0.717) is 5.02 Å². The quantitative estimate of drug-likeness (QED) is 0.366. The fourth-order valence-corrected chi connectivity index (χ4v) is 2.99. The van der Waals surface area contributed by atoms with Crippen LogP contribution < -0.4 is 4.74 Å². The molecule has 0 spiro atoms. The molecule has 0 aliphatic rings. The SMILES string of the molecule is O=C(O)C(Oc1cccc(C(F)(F)F)c1)c1ccc(Cl)cc1.O=C(O)CCCc1ccccc1. The lowest BCUT2D eigenvalue weighted by Gasteiger charge is -2.16. The zero-order valence-electron chi connectivity index (χ0n) is 17.8. The number of hydrogen-bond acceptors (Lipinski definition) is 3. The molecule has 0 aliphatic heterocycles. The number of benzene rings is 3. The lowest BCUT2D eigenvalue weighted by Crippen LogP contribution is -2.18. The second kappa shape index (κ2) is 12.6. The molecule has 3 aromatic carbocycles. The molecule has 0 bridgehead atoms. The number of hydrogen-bond donors (Lipinski definition) is 2. The van der Waals surface area contributed by atoms with Crippen molar-refractivity contribution in [3.05, 3.63) is 101 Å². The maximum absolute atomic E-state index is 12.6. The summed E-state index contributed by atoms with van der Waals surface area (Å²) in [7, 11) is 0. The van der Waals surface area contributed by atoms with E-state index in [9.17, 15) is 27.9 Å². The van der Waals surface area contributed by atoms with Crippen LogP contribution in [-0.4, -0.2) is 22.2 Å². The number of aliphatic carboxylic acids is 2. The molecule has 0 aromatic heterocycles. The maximum atomic E-state index is 12.6. The molecule has 0 fully saturated rings. The van der Waals surface area contributed by atoms with Crippen molar-refractivity contribution in [2.75, 3.05) is 0 Å². The van der Waals surface area contributed by atoms with Gasteiger partial charge in [0.25, 0.3) is 0 Å². The van der Waals surface area contributed by atoms with Gasteiger partial charge in [-0.2, -0.15) is 13.2 Å². The molecule has 0 aliphatic carbocycles. The largest absolute Gasteiger partial charge is 0.481 e. The first-order chi connectivity index (χ1) is 16.1. The van der Waals surface area contributed by atoms with Gasteiger partial charge in [0.15, 0.2) is 0 Å². The first kappa shape index (κ1) is 26.7. The summed E-state index contributed by atoms with van der Waals surface area (Å²) in [6, 6.07) is 19.8. The number of carboxylic acids is 2. The minimum absolute atomic E-state index is 0.183.